The van der Waals surface area contributed by atoms with Crippen molar-refractivity contribution in [3.05, 3.63) is 83.4 Å². The molecule has 5 nitrogen and oxygen atoms in total. The number of hydrogen-bond acceptors (Lipinski definition) is 5. The number of ketones is 1. The van der Waals surface area contributed by atoms with E-state index in [1.165, 1.54) is 44.1 Å². The Hall–Kier alpha value is -3.47. The third-order valence-corrected chi connectivity index (χ3v) is 9.38. The number of carbonyl (C=O) groups excluding carboxylic acids is 1. The van der Waals surface area contributed by atoms with Gasteiger partial charge in [0.2, 0.25) is 0 Å². The summed E-state index contributed by atoms with van der Waals surface area (Å²) in [6.07, 6.45) is 10.4. The Morgan fingerprint density at radius 3 is 2.26 bits per heavy atom. The topological polar surface area (TPSA) is 54.0 Å². The molecule has 6 rings (SSSR count). The lowest BCUT2D eigenvalue weighted by Gasteiger charge is -2.58. The molecule has 1 aliphatic heterocycles. The van der Waals surface area contributed by atoms with Crippen LogP contribution in [0, 0.1) is 5.92 Å². The zero-order valence-corrected chi connectivity index (χ0v) is 23.0. The Morgan fingerprint density at radius 2 is 1.51 bits per heavy atom. The number of Topliss-reactive ketones (excluding diaryl/α,β-unsaturated/α-hetero) is 1. The summed E-state index contributed by atoms with van der Waals surface area (Å²) in [5.41, 5.74) is 2.50. The van der Waals surface area contributed by atoms with Crippen LogP contribution in [0.5, 0.6) is 23.0 Å². The van der Waals surface area contributed by atoms with Crippen molar-refractivity contribution in [2.75, 3.05) is 20.8 Å². The predicted octanol–water partition coefficient (Wildman–Crippen LogP) is 7.65. The maximum Gasteiger partial charge on any atom is 0.200 e. The van der Waals surface area contributed by atoms with Crippen LogP contribution >= 0.6 is 0 Å². The molecular weight excluding hydrogens is 488 g/mol. The van der Waals surface area contributed by atoms with Crippen molar-refractivity contribution in [1.29, 1.82) is 0 Å². The highest BCUT2D eigenvalue weighted by Gasteiger charge is 2.59. The Morgan fingerprint density at radius 1 is 0.821 bits per heavy atom. The number of hydrogen-bond donors (Lipinski definition) is 0. The molecule has 0 saturated heterocycles. The van der Waals surface area contributed by atoms with Gasteiger partial charge in [0, 0.05) is 40.2 Å². The van der Waals surface area contributed by atoms with Gasteiger partial charge in [-0.05, 0) is 50.3 Å². The third-order valence-electron chi connectivity index (χ3n) is 9.38. The molecule has 3 aromatic carbocycles. The fourth-order valence-electron chi connectivity index (χ4n) is 7.62. The maximum absolute atomic E-state index is 13.0. The molecule has 3 aromatic rings. The first kappa shape index (κ1) is 25.8. The maximum atomic E-state index is 13.0. The average Bonchev–Trinajstić information content (AvgIpc) is 3.00. The quantitative estimate of drug-likeness (QED) is 0.296. The molecule has 1 heterocycles. The second-order valence-corrected chi connectivity index (χ2v) is 11.3. The van der Waals surface area contributed by atoms with Crippen molar-refractivity contribution >= 4 is 5.78 Å². The minimum atomic E-state index is -0.549. The molecule has 204 valence electrons. The molecule has 2 aliphatic carbocycles. The second kappa shape index (κ2) is 10.6. The van der Waals surface area contributed by atoms with Gasteiger partial charge in [0.15, 0.2) is 12.4 Å². The van der Waals surface area contributed by atoms with Gasteiger partial charge in [-0.3, -0.25) is 4.79 Å². The predicted molar refractivity (Wildman–Crippen MR) is 151 cm³/mol. The highest BCUT2D eigenvalue weighted by atomic mass is 16.5. The number of fused-ring (bicyclic) bond motifs is 4. The van der Waals surface area contributed by atoms with Gasteiger partial charge in [-0.1, -0.05) is 62.1 Å². The molecule has 0 unspecified atom stereocenters. The second-order valence-electron chi connectivity index (χ2n) is 11.3. The van der Waals surface area contributed by atoms with Crippen LogP contribution in [-0.2, 0) is 11.0 Å². The Kier molecular flexibility index (Phi) is 7.01. The van der Waals surface area contributed by atoms with Crippen molar-refractivity contribution < 1.29 is 23.7 Å². The molecule has 0 bridgehead atoms. The van der Waals surface area contributed by atoms with Crippen LogP contribution < -0.4 is 18.9 Å². The Balaban J connectivity index is 1.46. The Bertz CT molecular complexity index is 1330. The van der Waals surface area contributed by atoms with Gasteiger partial charge in [-0.25, -0.2) is 0 Å². The van der Waals surface area contributed by atoms with E-state index in [9.17, 15) is 4.79 Å². The van der Waals surface area contributed by atoms with Crippen LogP contribution in [0.3, 0.4) is 0 Å². The van der Waals surface area contributed by atoms with E-state index in [1.807, 2.05) is 42.5 Å². The van der Waals surface area contributed by atoms with Crippen LogP contribution in [0.15, 0.2) is 66.7 Å². The van der Waals surface area contributed by atoms with E-state index in [0.29, 0.717) is 23.0 Å². The van der Waals surface area contributed by atoms with Crippen molar-refractivity contribution in [3.8, 4) is 23.0 Å². The largest absolute Gasteiger partial charge is 0.497 e. The monoisotopic (exact) mass is 526 g/mol. The molecule has 2 fully saturated rings. The minimum Gasteiger partial charge on any atom is -0.497 e. The number of benzene rings is 3. The zero-order valence-electron chi connectivity index (χ0n) is 23.0. The first-order valence-electron chi connectivity index (χ1n) is 14.4. The standard InChI is InChI=1S/C34H38O5/c1-36-25-15-17-28(30(21-25)38-23-29(35)24-11-5-3-6-12-24)34-20-10-7-13-32(34)33(18-8-4-9-19-33)27-16-14-26(37-2)22-31(27)39-34/h3,5-6,11-12,14-17,21-22,32H,4,7-10,13,18-20,23H2,1-2H3/t32-,34+/m1/s1. The molecule has 2 atom stereocenters. The summed E-state index contributed by atoms with van der Waals surface area (Å²) >= 11 is 0. The van der Waals surface area contributed by atoms with Crippen LogP contribution in [-0.4, -0.2) is 26.6 Å². The first-order chi connectivity index (χ1) is 19.1. The molecule has 0 aromatic heterocycles. The smallest absolute Gasteiger partial charge is 0.200 e. The minimum absolute atomic E-state index is 0.0412. The summed E-state index contributed by atoms with van der Waals surface area (Å²) in [5, 5.41) is 0. The van der Waals surface area contributed by atoms with E-state index in [-0.39, 0.29) is 17.8 Å². The molecule has 3 aliphatic rings. The van der Waals surface area contributed by atoms with Gasteiger partial charge >= 0.3 is 0 Å². The summed E-state index contributed by atoms with van der Waals surface area (Å²) in [6.45, 7) is -0.0412. The van der Waals surface area contributed by atoms with Crippen molar-refractivity contribution in [2.45, 2.75) is 68.8 Å². The number of carbonyl (C=O) groups is 1. The molecule has 5 heteroatoms. The highest BCUT2D eigenvalue weighted by Crippen LogP contribution is 2.64. The van der Waals surface area contributed by atoms with Crippen molar-refractivity contribution in [3.63, 3.8) is 0 Å². The normalized spacial score (nSPS) is 23.2. The highest BCUT2D eigenvalue weighted by molar-refractivity contribution is 5.97. The van der Waals surface area contributed by atoms with Crippen LogP contribution in [0.4, 0.5) is 0 Å². The van der Waals surface area contributed by atoms with E-state index in [0.717, 1.165) is 36.3 Å². The molecule has 2 saturated carbocycles. The van der Waals surface area contributed by atoms with Gasteiger partial charge in [0.25, 0.3) is 0 Å². The van der Waals surface area contributed by atoms with Crippen LogP contribution in [0.1, 0.15) is 79.3 Å². The van der Waals surface area contributed by atoms with Crippen LogP contribution in [0.25, 0.3) is 0 Å². The Labute approximate surface area is 231 Å². The van der Waals surface area contributed by atoms with Gasteiger partial charge in [0.1, 0.15) is 28.6 Å². The van der Waals surface area contributed by atoms with E-state index in [4.69, 9.17) is 18.9 Å². The number of ether oxygens (including phenoxy) is 4. The summed E-state index contributed by atoms with van der Waals surface area (Å²) < 4.78 is 24.8. The molecular formula is C34H38O5. The fraction of sp³-hybridized carbons (Fsp3) is 0.441. The summed E-state index contributed by atoms with van der Waals surface area (Å²) in [6, 6.07) is 21.8. The van der Waals surface area contributed by atoms with Crippen LogP contribution in [0.2, 0.25) is 0 Å². The van der Waals surface area contributed by atoms with Gasteiger partial charge in [0.05, 0.1) is 14.2 Å². The van der Waals surface area contributed by atoms with Gasteiger partial charge in [-0.15, -0.1) is 0 Å². The average molecular weight is 527 g/mol. The van der Waals surface area contributed by atoms with Crippen molar-refractivity contribution in [1.82, 2.24) is 0 Å². The van der Waals surface area contributed by atoms with E-state index < -0.39 is 5.60 Å². The third kappa shape index (κ3) is 4.46. The first-order valence-corrected chi connectivity index (χ1v) is 14.4. The van der Waals surface area contributed by atoms with Gasteiger partial charge < -0.3 is 18.9 Å². The number of rotatable bonds is 7. The van der Waals surface area contributed by atoms with E-state index >= 15 is 0 Å². The fourth-order valence-corrected chi connectivity index (χ4v) is 7.62. The van der Waals surface area contributed by atoms with Gasteiger partial charge in [-0.2, -0.15) is 0 Å². The lowest BCUT2D eigenvalue weighted by molar-refractivity contribution is -0.0961. The van der Waals surface area contributed by atoms with Crippen molar-refractivity contribution in [2.24, 2.45) is 5.92 Å². The lowest BCUT2D eigenvalue weighted by Crippen LogP contribution is -2.57. The molecule has 0 N–H and O–H groups in total. The lowest BCUT2D eigenvalue weighted by atomic mass is 9.51. The molecule has 0 amide bonds. The zero-order chi connectivity index (χ0) is 26.9. The summed E-state index contributed by atoms with van der Waals surface area (Å²) in [5.74, 6) is 3.38. The van der Waals surface area contributed by atoms with E-state index in [1.54, 1.807) is 14.2 Å². The SMILES string of the molecule is COc1ccc2c(c1)O[C@]1(c3ccc(OC)cc3OCC(=O)c3ccccc3)CCCC[C@@H]1C21CCCCC1. The number of methoxy groups -OCH3 is 2. The molecule has 0 radical (unpaired) electrons. The summed E-state index contributed by atoms with van der Waals surface area (Å²) in [7, 11) is 3.37. The summed E-state index contributed by atoms with van der Waals surface area (Å²) in [4.78, 5) is 13.0. The molecule has 39 heavy (non-hydrogen) atoms. The molecule has 1 spiro atoms. The van der Waals surface area contributed by atoms with E-state index in [2.05, 4.69) is 24.3 Å².